The molecule has 0 radical (unpaired) electrons. The minimum atomic E-state index is -0.249. The van der Waals surface area contributed by atoms with Gasteiger partial charge in [-0.05, 0) is 18.9 Å². The molecule has 2 aromatic rings. The van der Waals surface area contributed by atoms with Crippen LogP contribution in [0.25, 0.3) is 0 Å². The van der Waals surface area contributed by atoms with E-state index in [2.05, 4.69) is 20.5 Å². The van der Waals surface area contributed by atoms with E-state index >= 15 is 0 Å². The number of fused-ring (bicyclic) bond motifs is 1. The molecule has 0 aromatic carbocycles. The number of carbonyl (C=O) groups is 1. The van der Waals surface area contributed by atoms with Crippen LogP contribution in [0.1, 0.15) is 67.4 Å². The molecule has 0 spiro atoms. The highest BCUT2D eigenvalue weighted by molar-refractivity contribution is 5.90. The van der Waals surface area contributed by atoms with E-state index in [1.807, 2.05) is 26.8 Å². The van der Waals surface area contributed by atoms with Crippen molar-refractivity contribution in [2.24, 2.45) is 0 Å². The Morgan fingerprint density at radius 3 is 3.00 bits per heavy atom. The fraction of sp³-hybridized carbons (Fsp3) is 0.533. The molecule has 3 rings (SSSR count). The number of nitrogens with zero attached hydrogens (tertiary/aromatic N) is 2. The van der Waals surface area contributed by atoms with Gasteiger partial charge in [-0.25, -0.2) is 4.98 Å². The van der Waals surface area contributed by atoms with Gasteiger partial charge in [-0.3, -0.25) is 9.89 Å². The Morgan fingerprint density at radius 2 is 2.29 bits per heavy atom. The first-order valence-corrected chi connectivity index (χ1v) is 7.25. The fourth-order valence-corrected chi connectivity index (χ4v) is 2.56. The SMILES string of the molecule is CC(C)(C)c1nc(C(=O)NC2CCCc3occc32)n[nH]1. The molecule has 0 fully saturated rings. The molecule has 1 unspecified atom stereocenters. The summed E-state index contributed by atoms with van der Waals surface area (Å²) in [7, 11) is 0. The van der Waals surface area contributed by atoms with E-state index in [0.717, 1.165) is 30.6 Å². The highest BCUT2D eigenvalue weighted by Crippen LogP contribution is 2.30. The van der Waals surface area contributed by atoms with Crippen molar-refractivity contribution in [3.8, 4) is 0 Å². The molecule has 2 heterocycles. The number of amides is 1. The molecule has 1 atom stereocenters. The van der Waals surface area contributed by atoms with Gasteiger partial charge in [0.1, 0.15) is 11.6 Å². The lowest BCUT2D eigenvalue weighted by molar-refractivity contribution is 0.0922. The number of aryl methyl sites for hydroxylation is 1. The number of aromatic amines is 1. The molecular weight excluding hydrogens is 268 g/mol. The number of rotatable bonds is 2. The summed E-state index contributed by atoms with van der Waals surface area (Å²) in [4.78, 5) is 16.6. The van der Waals surface area contributed by atoms with Crippen LogP contribution in [0.3, 0.4) is 0 Å². The maximum atomic E-state index is 12.3. The number of hydrogen-bond donors (Lipinski definition) is 2. The van der Waals surface area contributed by atoms with Crippen LogP contribution >= 0.6 is 0 Å². The van der Waals surface area contributed by atoms with Crippen LogP contribution in [0.2, 0.25) is 0 Å². The Balaban J connectivity index is 1.75. The van der Waals surface area contributed by atoms with Crippen molar-refractivity contribution in [3.05, 3.63) is 35.3 Å². The molecule has 2 N–H and O–H groups in total. The molecular formula is C15H20N4O2. The van der Waals surface area contributed by atoms with E-state index in [0.29, 0.717) is 5.82 Å². The third-order valence-corrected chi connectivity index (χ3v) is 3.76. The second-order valence-corrected chi connectivity index (χ2v) is 6.48. The van der Waals surface area contributed by atoms with Gasteiger partial charge < -0.3 is 9.73 Å². The highest BCUT2D eigenvalue weighted by Gasteiger charge is 2.27. The molecule has 1 aliphatic carbocycles. The summed E-state index contributed by atoms with van der Waals surface area (Å²) in [5, 5.41) is 9.86. The summed E-state index contributed by atoms with van der Waals surface area (Å²) >= 11 is 0. The first-order valence-electron chi connectivity index (χ1n) is 7.25. The van der Waals surface area contributed by atoms with Crippen molar-refractivity contribution in [1.82, 2.24) is 20.5 Å². The van der Waals surface area contributed by atoms with Crippen LogP contribution in [0.15, 0.2) is 16.7 Å². The van der Waals surface area contributed by atoms with Gasteiger partial charge in [0.2, 0.25) is 5.82 Å². The molecule has 6 heteroatoms. The quantitative estimate of drug-likeness (QED) is 0.889. The lowest BCUT2D eigenvalue weighted by Gasteiger charge is -2.22. The predicted octanol–water partition coefficient (Wildman–Crippen LogP) is 2.50. The average Bonchev–Trinajstić information content (AvgIpc) is 3.07. The molecule has 0 aliphatic heterocycles. The van der Waals surface area contributed by atoms with Crippen molar-refractivity contribution in [2.45, 2.75) is 51.5 Å². The van der Waals surface area contributed by atoms with Gasteiger partial charge in [-0.1, -0.05) is 20.8 Å². The summed E-state index contributed by atoms with van der Waals surface area (Å²) in [5.74, 6) is 1.62. The van der Waals surface area contributed by atoms with Gasteiger partial charge in [0.25, 0.3) is 5.91 Å². The largest absolute Gasteiger partial charge is 0.469 e. The van der Waals surface area contributed by atoms with Crippen LogP contribution in [-0.2, 0) is 11.8 Å². The van der Waals surface area contributed by atoms with E-state index in [-0.39, 0.29) is 23.2 Å². The van der Waals surface area contributed by atoms with E-state index < -0.39 is 0 Å². The van der Waals surface area contributed by atoms with Gasteiger partial charge in [0.05, 0.1) is 12.3 Å². The summed E-state index contributed by atoms with van der Waals surface area (Å²) < 4.78 is 5.43. The van der Waals surface area contributed by atoms with Crippen LogP contribution in [0.5, 0.6) is 0 Å². The summed E-state index contributed by atoms with van der Waals surface area (Å²) in [6.07, 6.45) is 4.53. The number of H-pyrrole nitrogens is 1. The first-order chi connectivity index (χ1) is 9.95. The molecule has 1 amide bonds. The minimum Gasteiger partial charge on any atom is -0.469 e. The van der Waals surface area contributed by atoms with Crippen LogP contribution in [0.4, 0.5) is 0 Å². The smallest absolute Gasteiger partial charge is 0.291 e. The third kappa shape index (κ3) is 2.70. The molecule has 112 valence electrons. The summed E-state index contributed by atoms with van der Waals surface area (Å²) in [6, 6.07) is 1.91. The van der Waals surface area contributed by atoms with E-state index in [1.54, 1.807) is 6.26 Å². The zero-order valence-corrected chi connectivity index (χ0v) is 12.6. The van der Waals surface area contributed by atoms with Crippen molar-refractivity contribution < 1.29 is 9.21 Å². The molecule has 1 aliphatic rings. The number of aromatic nitrogens is 3. The Labute approximate surface area is 123 Å². The minimum absolute atomic E-state index is 0.0170. The van der Waals surface area contributed by atoms with Crippen molar-refractivity contribution in [3.63, 3.8) is 0 Å². The summed E-state index contributed by atoms with van der Waals surface area (Å²) in [6.45, 7) is 6.07. The second kappa shape index (κ2) is 5.02. The maximum absolute atomic E-state index is 12.3. The van der Waals surface area contributed by atoms with Gasteiger partial charge >= 0.3 is 0 Å². The zero-order chi connectivity index (χ0) is 15.0. The number of furan rings is 1. The average molecular weight is 288 g/mol. The molecule has 2 aromatic heterocycles. The standard InChI is InChI=1S/C15H20N4O2/c1-15(2,3)14-17-12(18-19-14)13(20)16-10-5-4-6-11-9(10)7-8-21-11/h7-8,10H,4-6H2,1-3H3,(H,16,20)(H,17,18,19). The van der Waals surface area contributed by atoms with Crippen molar-refractivity contribution in [1.29, 1.82) is 0 Å². The fourth-order valence-electron chi connectivity index (χ4n) is 2.56. The Bertz CT molecular complexity index is 651. The lowest BCUT2D eigenvalue weighted by atomic mass is 9.93. The summed E-state index contributed by atoms with van der Waals surface area (Å²) in [5.41, 5.74) is 0.912. The lowest BCUT2D eigenvalue weighted by Crippen LogP contribution is -2.31. The Kier molecular flexibility index (Phi) is 3.31. The van der Waals surface area contributed by atoms with Gasteiger partial charge in [0, 0.05) is 17.4 Å². The third-order valence-electron chi connectivity index (χ3n) is 3.76. The van der Waals surface area contributed by atoms with Crippen LogP contribution < -0.4 is 5.32 Å². The van der Waals surface area contributed by atoms with Crippen LogP contribution in [-0.4, -0.2) is 21.1 Å². The number of nitrogens with one attached hydrogen (secondary N) is 2. The van der Waals surface area contributed by atoms with Gasteiger partial charge in [-0.2, -0.15) is 0 Å². The predicted molar refractivity (Wildman–Crippen MR) is 76.9 cm³/mol. The normalized spacial score (nSPS) is 18.3. The van der Waals surface area contributed by atoms with Crippen LogP contribution in [0, 0.1) is 0 Å². The van der Waals surface area contributed by atoms with Crippen molar-refractivity contribution in [2.75, 3.05) is 0 Å². The molecule has 0 saturated heterocycles. The number of carbonyl (C=O) groups excluding carboxylic acids is 1. The van der Waals surface area contributed by atoms with E-state index in [9.17, 15) is 4.79 Å². The Hall–Kier alpha value is -2.11. The topological polar surface area (TPSA) is 83.8 Å². The second-order valence-electron chi connectivity index (χ2n) is 6.48. The highest BCUT2D eigenvalue weighted by atomic mass is 16.3. The first kappa shape index (κ1) is 13.9. The molecule has 0 bridgehead atoms. The van der Waals surface area contributed by atoms with E-state index in [1.165, 1.54) is 0 Å². The molecule has 6 nitrogen and oxygen atoms in total. The zero-order valence-electron chi connectivity index (χ0n) is 12.6. The molecule has 0 saturated carbocycles. The van der Waals surface area contributed by atoms with E-state index in [4.69, 9.17) is 4.42 Å². The van der Waals surface area contributed by atoms with Crippen molar-refractivity contribution >= 4 is 5.91 Å². The van der Waals surface area contributed by atoms with Gasteiger partial charge in [-0.15, -0.1) is 5.10 Å². The number of hydrogen-bond acceptors (Lipinski definition) is 4. The monoisotopic (exact) mass is 288 g/mol. The molecule has 21 heavy (non-hydrogen) atoms. The maximum Gasteiger partial charge on any atom is 0.291 e. The van der Waals surface area contributed by atoms with Gasteiger partial charge in [0.15, 0.2) is 0 Å². The Morgan fingerprint density at radius 1 is 1.48 bits per heavy atom.